The molecule has 2 amide bonds. The van der Waals surface area contributed by atoms with Gasteiger partial charge >= 0.3 is 12.0 Å². The van der Waals surface area contributed by atoms with Crippen molar-refractivity contribution < 1.29 is 14.7 Å². The quantitative estimate of drug-likeness (QED) is 0.732. The zero-order valence-electron chi connectivity index (χ0n) is 11.2. The maximum atomic E-state index is 11.7. The number of amides is 2. The van der Waals surface area contributed by atoms with E-state index in [-0.39, 0.29) is 6.54 Å². The molecule has 104 valence electrons. The molecular formula is C12H18N4O3. The number of aromatic nitrogens is 2. The number of nitrogens with one attached hydrogen (secondary N) is 2. The SMILES string of the molecule is CCC(C)(NC(=O)NCc1ccnc(C)n1)C(=O)O. The van der Waals surface area contributed by atoms with Gasteiger partial charge in [0.15, 0.2) is 0 Å². The number of hydrogen-bond donors (Lipinski definition) is 3. The van der Waals surface area contributed by atoms with Gasteiger partial charge in [-0.3, -0.25) is 0 Å². The molecule has 0 fully saturated rings. The lowest BCUT2D eigenvalue weighted by Gasteiger charge is -2.24. The highest BCUT2D eigenvalue weighted by Gasteiger charge is 2.32. The smallest absolute Gasteiger partial charge is 0.329 e. The molecule has 0 aromatic carbocycles. The van der Waals surface area contributed by atoms with E-state index in [9.17, 15) is 9.59 Å². The summed E-state index contributed by atoms with van der Waals surface area (Å²) in [6, 6.07) is 1.15. The van der Waals surface area contributed by atoms with Gasteiger partial charge in [-0.15, -0.1) is 0 Å². The Balaban J connectivity index is 2.54. The van der Waals surface area contributed by atoms with Gasteiger partial charge in [-0.25, -0.2) is 19.6 Å². The normalized spacial score (nSPS) is 13.4. The van der Waals surface area contributed by atoms with Gasteiger partial charge in [0, 0.05) is 6.20 Å². The molecule has 1 aromatic rings. The molecular weight excluding hydrogens is 248 g/mol. The Hall–Kier alpha value is -2.18. The largest absolute Gasteiger partial charge is 0.480 e. The zero-order valence-corrected chi connectivity index (χ0v) is 11.2. The number of carbonyl (C=O) groups is 2. The molecule has 0 saturated carbocycles. The fourth-order valence-electron chi connectivity index (χ4n) is 1.36. The standard InChI is InChI=1S/C12H18N4O3/c1-4-12(3,10(17)18)16-11(19)14-7-9-5-6-13-8(2)15-9/h5-6H,4,7H2,1-3H3,(H,17,18)(H2,14,16,19). The van der Waals surface area contributed by atoms with Crippen LogP contribution >= 0.6 is 0 Å². The van der Waals surface area contributed by atoms with Crippen LogP contribution in [0.15, 0.2) is 12.3 Å². The van der Waals surface area contributed by atoms with Crippen LogP contribution in [0.2, 0.25) is 0 Å². The molecule has 1 rings (SSSR count). The van der Waals surface area contributed by atoms with Crippen molar-refractivity contribution in [1.29, 1.82) is 0 Å². The Morgan fingerprint density at radius 3 is 2.68 bits per heavy atom. The van der Waals surface area contributed by atoms with E-state index in [1.807, 2.05) is 0 Å². The molecule has 0 aliphatic carbocycles. The molecule has 1 unspecified atom stereocenters. The van der Waals surface area contributed by atoms with Gasteiger partial charge in [-0.2, -0.15) is 0 Å². The van der Waals surface area contributed by atoms with Gasteiger partial charge < -0.3 is 15.7 Å². The first-order valence-corrected chi connectivity index (χ1v) is 5.95. The maximum absolute atomic E-state index is 11.7. The topological polar surface area (TPSA) is 104 Å². The first kappa shape index (κ1) is 14.9. The molecule has 3 N–H and O–H groups in total. The number of urea groups is 1. The summed E-state index contributed by atoms with van der Waals surface area (Å²) in [5, 5.41) is 14.0. The molecule has 1 atom stereocenters. The first-order chi connectivity index (χ1) is 8.87. The van der Waals surface area contributed by atoms with Crippen LogP contribution in [0.3, 0.4) is 0 Å². The number of aryl methyl sites for hydroxylation is 1. The molecule has 0 radical (unpaired) electrons. The number of carboxylic acids is 1. The number of rotatable bonds is 5. The van der Waals surface area contributed by atoms with Crippen LogP contribution in [0, 0.1) is 6.92 Å². The van der Waals surface area contributed by atoms with Crippen LogP contribution in [-0.4, -0.2) is 32.6 Å². The van der Waals surface area contributed by atoms with Gasteiger partial charge in [-0.1, -0.05) is 6.92 Å². The minimum Gasteiger partial charge on any atom is -0.480 e. The average Bonchev–Trinajstić information content (AvgIpc) is 2.36. The second kappa shape index (κ2) is 6.12. The molecule has 1 aromatic heterocycles. The molecule has 0 spiro atoms. The molecule has 7 nitrogen and oxygen atoms in total. The molecule has 7 heteroatoms. The fraction of sp³-hybridized carbons (Fsp3) is 0.500. The van der Waals surface area contributed by atoms with Gasteiger partial charge in [0.25, 0.3) is 0 Å². The van der Waals surface area contributed by atoms with E-state index in [1.165, 1.54) is 6.92 Å². The fourth-order valence-corrected chi connectivity index (χ4v) is 1.36. The Bertz CT molecular complexity index is 478. The lowest BCUT2D eigenvalue weighted by molar-refractivity contribution is -0.143. The van der Waals surface area contributed by atoms with Crippen molar-refractivity contribution in [1.82, 2.24) is 20.6 Å². The van der Waals surface area contributed by atoms with Gasteiger partial charge in [0.2, 0.25) is 0 Å². The molecule has 0 aliphatic heterocycles. The summed E-state index contributed by atoms with van der Waals surface area (Å²) in [4.78, 5) is 30.8. The molecule has 1 heterocycles. The summed E-state index contributed by atoms with van der Waals surface area (Å²) >= 11 is 0. The van der Waals surface area contributed by atoms with Crippen LogP contribution in [0.25, 0.3) is 0 Å². The van der Waals surface area contributed by atoms with Crippen molar-refractivity contribution in [3.05, 3.63) is 23.8 Å². The van der Waals surface area contributed by atoms with Crippen LogP contribution in [0.1, 0.15) is 31.8 Å². The minimum atomic E-state index is -1.27. The highest BCUT2D eigenvalue weighted by Crippen LogP contribution is 2.08. The minimum absolute atomic E-state index is 0.217. The van der Waals surface area contributed by atoms with E-state index in [2.05, 4.69) is 20.6 Å². The van der Waals surface area contributed by atoms with E-state index in [4.69, 9.17) is 5.11 Å². The first-order valence-electron chi connectivity index (χ1n) is 5.95. The van der Waals surface area contributed by atoms with E-state index in [1.54, 1.807) is 26.1 Å². The summed E-state index contributed by atoms with van der Waals surface area (Å²) in [5.74, 6) is -0.452. The lowest BCUT2D eigenvalue weighted by atomic mass is 10.00. The third kappa shape index (κ3) is 4.20. The molecule has 0 bridgehead atoms. The van der Waals surface area contributed by atoms with Gasteiger partial charge in [-0.05, 0) is 26.3 Å². The van der Waals surface area contributed by atoms with Crippen LogP contribution < -0.4 is 10.6 Å². The zero-order chi connectivity index (χ0) is 14.5. The number of carbonyl (C=O) groups excluding carboxylic acids is 1. The van der Waals surface area contributed by atoms with E-state index in [0.29, 0.717) is 17.9 Å². The number of carboxylic acid groups (broad SMARTS) is 1. The molecule has 0 saturated heterocycles. The van der Waals surface area contributed by atoms with Crippen molar-refractivity contribution in [3.8, 4) is 0 Å². The summed E-state index contributed by atoms with van der Waals surface area (Å²) < 4.78 is 0. The third-order valence-corrected chi connectivity index (χ3v) is 2.83. The van der Waals surface area contributed by atoms with E-state index >= 15 is 0 Å². The van der Waals surface area contributed by atoms with Crippen LogP contribution in [0.5, 0.6) is 0 Å². The van der Waals surface area contributed by atoms with Crippen molar-refractivity contribution in [3.63, 3.8) is 0 Å². The molecule has 19 heavy (non-hydrogen) atoms. The Kier molecular flexibility index (Phi) is 4.80. The van der Waals surface area contributed by atoms with Gasteiger partial charge in [0.1, 0.15) is 11.4 Å². The van der Waals surface area contributed by atoms with E-state index < -0.39 is 17.5 Å². The summed E-state index contributed by atoms with van der Waals surface area (Å²) in [5.41, 5.74) is -0.609. The highest BCUT2D eigenvalue weighted by atomic mass is 16.4. The maximum Gasteiger partial charge on any atom is 0.329 e. The summed E-state index contributed by atoms with van der Waals surface area (Å²) in [6.45, 7) is 5.13. The summed E-state index contributed by atoms with van der Waals surface area (Å²) in [6.07, 6.45) is 1.90. The van der Waals surface area contributed by atoms with Crippen LogP contribution in [-0.2, 0) is 11.3 Å². The lowest BCUT2D eigenvalue weighted by Crippen LogP contribution is -2.54. The van der Waals surface area contributed by atoms with Gasteiger partial charge in [0.05, 0.1) is 12.2 Å². The predicted octanol–water partition coefficient (Wildman–Crippen LogP) is 0.838. The number of nitrogens with zero attached hydrogens (tertiary/aromatic N) is 2. The second-order valence-electron chi connectivity index (χ2n) is 4.39. The monoisotopic (exact) mass is 266 g/mol. The van der Waals surface area contributed by atoms with E-state index in [0.717, 1.165) is 0 Å². The predicted molar refractivity (Wildman–Crippen MR) is 68.5 cm³/mol. The van der Waals surface area contributed by atoms with Crippen LogP contribution in [0.4, 0.5) is 4.79 Å². The Morgan fingerprint density at radius 1 is 1.47 bits per heavy atom. The van der Waals surface area contributed by atoms with Crippen molar-refractivity contribution in [2.75, 3.05) is 0 Å². The Labute approximate surface area is 111 Å². The third-order valence-electron chi connectivity index (χ3n) is 2.83. The second-order valence-corrected chi connectivity index (χ2v) is 4.39. The molecule has 0 aliphatic rings. The highest BCUT2D eigenvalue weighted by molar-refractivity contribution is 5.85. The van der Waals surface area contributed by atoms with Crippen molar-refractivity contribution >= 4 is 12.0 Å². The average molecular weight is 266 g/mol. The number of hydrogen-bond acceptors (Lipinski definition) is 4. The van der Waals surface area contributed by atoms with Crippen molar-refractivity contribution in [2.24, 2.45) is 0 Å². The number of aliphatic carboxylic acids is 1. The summed E-state index contributed by atoms with van der Waals surface area (Å²) in [7, 11) is 0. The Morgan fingerprint density at radius 2 is 2.16 bits per heavy atom. The van der Waals surface area contributed by atoms with Crippen molar-refractivity contribution in [2.45, 2.75) is 39.3 Å².